The van der Waals surface area contributed by atoms with Gasteiger partial charge in [-0.05, 0) is 90.8 Å². The second-order valence-corrected chi connectivity index (χ2v) is 22.8. The standard InChI is InChI=1S/C76H49N9/c1-46-45-59-53-32-14-19-37-62(53)81(48-25-7-3-8-26-48)71(59)68-58-34-16-22-40-65(58)84(69(46)68)75-77-74(83-64-39-21-15-33-57(64)67-66(83)44-43-54-50-29-11-17-35-60(50)80(70(54)67)47-23-5-2-6-24-47)78-76(79-75)85-63-38-20-13-31-52(63)56-42-41-55-51-30-12-18-36-61(51)82(72(55)73(56)85)49-27-9-4-10-28-49/h2-44,46H,45H2,1H3. The van der Waals surface area contributed by atoms with Gasteiger partial charge in [-0.15, -0.1) is 0 Å². The van der Waals surface area contributed by atoms with Crippen LogP contribution >= 0.6 is 0 Å². The zero-order valence-corrected chi connectivity index (χ0v) is 46.1. The molecule has 85 heavy (non-hydrogen) atoms. The quantitative estimate of drug-likeness (QED) is 0.167. The van der Waals surface area contributed by atoms with Crippen LogP contribution < -0.4 is 0 Å². The molecule has 0 radical (unpaired) electrons. The van der Waals surface area contributed by atoms with Crippen LogP contribution in [0.3, 0.4) is 0 Å². The van der Waals surface area contributed by atoms with E-state index in [1.165, 1.54) is 49.6 Å². The lowest BCUT2D eigenvalue weighted by molar-refractivity contribution is 0.692. The van der Waals surface area contributed by atoms with Gasteiger partial charge < -0.3 is 13.7 Å². The van der Waals surface area contributed by atoms with E-state index in [0.29, 0.717) is 17.8 Å². The zero-order valence-electron chi connectivity index (χ0n) is 46.1. The Morgan fingerprint density at radius 2 is 0.647 bits per heavy atom. The number of rotatable bonds is 6. The third-order valence-electron chi connectivity index (χ3n) is 18.3. The highest BCUT2D eigenvalue weighted by Crippen LogP contribution is 2.51. The Bertz CT molecular complexity index is 5830. The number of hydrogen-bond donors (Lipinski definition) is 0. The summed E-state index contributed by atoms with van der Waals surface area (Å²) in [6.07, 6.45) is 0.830. The number of fused-ring (bicyclic) bond motifs is 21. The molecule has 18 aromatic rings. The Labute approximate surface area is 486 Å². The van der Waals surface area contributed by atoms with Crippen molar-refractivity contribution < 1.29 is 0 Å². The summed E-state index contributed by atoms with van der Waals surface area (Å²) < 4.78 is 14.3. The fourth-order valence-corrected chi connectivity index (χ4v) is 15.0. The van der Waals surface area contributed by atoms with Crippen molar-refractivity contribution in [1.82, 2.24) is 42.4 Å². The Balaban J connectivity index is 0.986. The Hall–Kier alpha value is -11.3. The Morgan fingerprint density at radius 3 is 1.20 bits per heavy atom. The Kier molecular flexibility index (Phi) is 9.47. The molecule has 1 aliphatic carbocycles. The highest BCUT2D eigenvalue weighted by atomic mass is 15.3. The molecule has 398 valence electrons. The topological polar surface area (TPSA) is 68.2 Å². The van der Waals surface area contributed by atoms with E-state index in [9.17, 15) is 0 Å². The second kappa shape index (κ2) is 17.4. The summed E-state index contributed by atoms with van der Waals surface area (Å²) in [7, 11) is 0. The minimum atomic E-state index is 0.0736. The molecular formula is C76H49N9. The third kappa shape index (κ3) is 6.27. The monoisotopic (exact) mass is 1090 g/mol. The number of hydrogen-bond acceptors (Lipinski definition) is 3. The molecule has 0 saturated heterocycles. The molecule has 0 fully saturated rings. The lowest BCUT2D eigenvalue weighted by Gasteiger charge is -2.25. The van der Waals surface area contributed by atoms with Gasteiger partial charge in [0.25, 0.3) is 0 Å². The molecule has 0 aliphatic heterocycles. The minimum absolute atomic E-state index is 0.0736. The molecule has 7 heterocycles. The third-order valence-corrected chi connectivity index (χ3v) is 18.3. The minimum Gasteiger partial charge on any atom is -0.309 e. The zero-order chi connectivity index (χ0) is 55.6. The van der Waals surface area contributed by atoms with Crippen LogP contribution in [0.1, 0.15) is 24.1 Å². The predicted molar refractivity (Wildman–Crippen MR) is 348 cm³/mol. The van der Waals surface area contributed by atoms with Crippen molar-refractivity contribution >= 4 is 109 Å². The first-order chi connectivity index (χ1) is 42.2. The number of aromatic nitrogens is 9. The van der Waals surface area contributed by atoms with Crippen molar-refractivity contribution in [3.63, 3.8) is 0 Å². The number of benzene rings is 11. The molecule has 0 saturated carbocycles. The molecule has 0 bridgehead atoms. The molecule has 9 nitrogen and oxygen atoms in total. The number of para-hydroxylation sites is 9. The summed E-state index contributed by atoms with van der Waals surface area (Å²) in [5.41, 5.74) is 19.0. The van der Waals surface area contributed by atoms with Crippen LogP contribution in [-0.2, 0) is 6.42 Å². The first kappa shape index (κ1) is 46.3. The lowest BCUT2D eigenvalue weighted by atomic mass is 9.85. The van der Waals surface area contributed by atoms with Gasteiger partial charge in [0.15, 0.2) is 0 Å². The highest BCUT2D eigenvalue weighted by molar-refractivity contribution is 6.27. The molecule has 9 heteroatoms. The van der Waals surface area contributed by atoms with Gasteiger partial charge in [-0.3, -0.25) is 13.7 Å². The smallest absolute Gasteiger partial charge is 0.241 e. The van der Waals surface area contributed by atoms with E-state index >= 15 is 0 Å². The van der Waals surface area contributed by atoms with Crippen LogP contribution in [-0.4, -0.2) is 42.4 Å². The summed E-state index contributed by atoms with van der Waals surface area (Å²) in [5, 5.41) is 11.6. The normalized spacial score (nSPS) is 13.5. The van der Waals surface area contributed by atoms with Crippen molar-refractivity contribution in [2.45, 2.75) is 19.3 Å². The summed E-state index contributed by atoms with van der Waals surface area (Å²) in [4.78, 5) is 17.7. The van der Waals surface area contributed by atoms with Crippen molar-refractivity contribution in [3.05, 3.63) is 272 Å². The second-order valence-electron chi connectivity index (χ2n) is 22.8. The van der Waals surface area contributed by atoms with Crippen LogP contribution in [0.4, 0.5) is 0 Å². The summed E-state index contributed by atoms with van der Waals surface area (Å²) in [6.45, 7) is 2.38. The fourth-order valence-electron chi connectivity index (χ4n) is 15.0. The SMILES string of the molecule is CC1Cc2c(n(-c3ccccc3)c3ccccc23)-c2c1n(-c1nc(-n3c4ccccc4c4c3ccc3c5ccccc5n(-c5ccccc5)c34)nc(-n3c4ccccc4c4ccc5c6ccccc6n(-c6ccccc6)c5c43)n1)c1ccccc21. The van der Waals surface area contributed by atoms with Gasteiger partial charge in [0, 0.05) is 88.1 Å². The largest absolute Gasteiger partial charge is 0.309 e. The van der Waals surface area contributed by atoms with Crippen molar-refractivity contribution in [1.29, 1.82) is 0 Å². The summed E-state index contributed by atoms with van der Waals surface area (Å²) in [6, 6.07) is 94.4. The average Bonchev–Trinajstić information content (AvgIpc) is 1.74. The van der Waals surface area contributed by atoms with Crippen molar-refractivity contribution in [2.75, 3.05) is 0 Å². The molecule has 19 rings (SSSR count). The molecule has 11 aromatic carbocycles. The van der Waals surface area contributed by atoms with E-state index in [-0.39, 0.29) is 5.92 Å². The van der Waals surface area contributed by atoms with Gasteiger partial charge in [0.1, 0.15) is 0 Å². The van der Waals surface area contributed by atoms with E-state index in [1.807, 2.05) is 0 Å². The highest BCUT2D eigenvalue weighted by Gasteiger charge is 2.36. The van der Waals surface area contributed by atoms with Gasteiger partial charge in [-0.25, -0.2) is 0 Å². The number of nitrogens with zero attached hydrogens (tertiary/aromatic N) is 9. The molecule has 0 spiro atoms. The molecule has 1 aliphatic rings. The van der Waals surface area contributed by atoms with Gasteiger partial charge >= 0.3 is 0 Å². The molecule has 1 unspecified atom stereocenters. The van der Waals surface area contributed by atoms with E-state index in [1.54, 1.807) is 0 Å². The van der Waals surface area contributed by atoms with Gasteiger partial charge in [-0.2, -0.15) is 15.0 Å². The maximum atomic E-state index is 5.93. The molecule has 1 atom stereocenters. The van der Waals surface area contributed by atoms with E-state index < -0.39 is 0 Å². The maximum Gasteiger partial charge on any atom is 0.241 e. The first-order valence-corrected chi connectivity index (χ1v) is 29.3. The summed E-state index contributed by atoms with van der Waals surface area (Å²) >= 11 is 0. The summed E-state index contributed by atoms with van der Waals surface area (Å²) in [5.74, 6) is 1.65. The average molecular weight is 1090 g/mol. The van der Waals surface area contributed by atoms with E-state index in [0.717, 1.165) is 105 Å². The van der Waals surface area contributed by atoms with Crippen LogP contribution in [0.5, 0.6) is 0 Å². The van der Waals surface area contributed by atoms with Crippen LogP contribution in [0.25, 0.3) is 155 Å². The van der Waals surface area contributed by atoms with Crippen LogP contribution in [0.15, 0.2) is 261 Å². The van der Waals surface area contributed by atoms with Crippen LogP contribution in [0.2, 0.25) is 0 Å². The van der Waals surface area contributed by atoms with Gasteiger partial charge in [-0.1, -0.05) is 189 Å². The van der Waals surface area contributed by atoms with Gasteiger partial charge in [0.2, 0.25) is 17.8 Å². The molecule has 0 amide bonds. The lowest BCUT2D eigenvalue weighted by Crippen LogP contribution is -2.17. The molecule has 0 N–H and O–H groups in total. The Morgan fingerprint density at radius 1 is 0.282 bits per heavy atom. The van der Waals surface area contributed by atoms with E-state index in [2.05, 4.69) is 295 Å². The van der Waals surface area contributed by atoms with Crippen LogP contribution in [0, 0.1) is 0 Å². The van der Waals surface area contributed by atoms with Crippen molar-refractivity contribution in [2.24, 2.45) is 0 Å². The van der Waals surface area contributed by atoms with E-state index in [4.69, 9.17) is 15.0 Å². The predicted octanol–water partition coefficient (Wildman–Crippen LogP) is 18.5. The maximum absolute atomic E-state index is 5.93. The molecular weight excluding hydrogens is 1040 g/mol. The molecule has 7 aromatic heterocycles. The van der Waals surface area contributed by atoms with Gasteiger partial charge in [0.05, 0.1) is 60.9 Å². The van der Waals surface area contributed by atoms with Crippen molar-refractivity contribution in [3.8, 4) is 46.2 Å². The first-order valence-electron chi connectivity index (χ1n) is 29.3. The fraction of sp³-hybridized carbons (Fsp3) is 0.0395.